The molecule has 146 valence electrons. The highest BCUT2D eigenvalue weighted by Crippen LogP contribution is 2.31. The first-order valence-corrected chi connectivity index (χ1v) is 8.74. The van der Waals surface area contributed by atoms with Gasteiger partial charge < -0.3 is 14.8 Å². The Morgan fingerprint density at radius 3 is 2.48 bits per heavy atom. The first-order chi connectivity index (χ1) is 14.2. The van der Waals surface area contributed by atoms with Crippen molar-refractivity contribution in [3.8, 4) is 22.9 Å². The second-order valence-corrected chi connectivity index (χ2v) is 6.09. The number of hydrogen-bond acceptors (Lipinski definition) is 8. The molecule has 0 saturated heterocycles. The zero-order valence-electron chi connectivity index (χ0n) is 15.8. The van der Waals surface area contributed by atoms with Crippen molar-refractivity contribution in [3.05, 3.63) is 60.0 Å². The Labute approximate surface area is 165 Å². The summed E-state index contributed by atoms with van der Waals surface area (Å²) in [6, 6.07) is 11.6. The zero-order valence-corrected chi connectivity index (χ0v) is 15.8. The van der Waals surface area contributed by atoms with Gasteiger partial charge in [0.05, 0.1) is 20.4 Å². The van der Waals surface area contributed by atoms with Crippen LogP contribution >= 0.6 is 0 Å². The maximum absolute atomic E-state index is 13.0. The minimum absolute atomic E-state index is 0.276. The van der Waals surface area contributed by atoms with E-state index in [9.17, 15) is 4.39 Å². The molecule has 9 heteroatoms. The molecule has 2 aromatic carbocycles. The highest BCUT2D eigenvalue weighted by atomic mass is 19.1. The molecule has 0 bridgehead atoms. The van der Waals surface area contributed by atoms with Crippen molar-refractivity contribution in [1.82, 2.24) is 25.1 Å². The van der Waals surface area contributed by atoms with E-state index in [-0.39, 0.29) is 5.82 Å². The number of fused-ring (bicyclic) bond motifs is 1. The predicted molar refractivity (Wildman–Crippen MR) is 105 cm³/mol. The van der Waals surface area contributed by atoms with Crippen LogP contribution in [0, 0.1) is 5.82 Å². The van der Waals surface area contributed by atoms with E-state index in [2.05, 4.69) is 30.5 Å². The standard InChI is InChI=1S/C20H17FN6O2/c1-28-16-8-5-13(9-17(16)29-2)18-24-15-11-23-20(25-19(15)27-26-18)22-10-12-3-6-14(21)7-4-12/h3-9,11H,10H2,1-2H3,(H,22,23,25,27). The molecule has 0 saturated carbocycles. The molecule has 4 rings (SSSR count). The van der Waals surface area contributed by atoms with Crippen LogP contribution in [0.4, 0.5) is 10.3 Å². The van der Waals surface area contributed by atoms with Gasteiger partial charge in [-0.3, -0.25) is 0 Å². The van der Waals surface area contributed by atoms with Crippen LogP contribution in [-0.2, 0) is 6.54 Å². The van der Waals surface area contributed by atoms with Crippen molar-refractivity contribution in [2.24, 2.45) is 0 Å². The molecular weight excluding hydrogens is 375 g/mol. The Balaban J connectivity index is 1.56. The minimum Gasteiger partial charge on any atom is -0.493 e. The number of rotatable bonds is 6. The second kappa shape index (κ2) is 8.01. The van der Waals surface area contributed by atoms with Crippen LogP contribution in [0.25, 0.3) is 22.6 Å². The fourth-order valence-corrected chi connectivity index (χ4v) is 2.72. The number of benzene rings is 2. The number of hydrogen-bond donors (Lipinski definition) is 1. The summed E-state index contributed by atoms with van der Waals surface area (Å²) in [4.78, 5) is 13.1. The van der Waals surface area contributed by atoms with E-state index in [4.69, 9.17) is 9.47 Å². The lowest BCUT2D eigenvalue weighted by Gasteiger charge is -2.09. The second-order valence-electron chi connectivity index (χ2n) is 6.09. The Hall–Kier alpha value is -3.88. The van der Waals surface area contributed by atoms with E-state index in [1.54, 1.807) is 44.7 Å². The van der Waals surface area contributed by atoms with E-state index in [0.29, 0.717) is 41.0 Å². The Morgan fingerprint density at radius 1 is 0.931 bits per heavy atom. The lowest BCUT2D eigenvalue weighted by molar-refractivity contribution is 0.355. The summed E-state index contributed by atoms with van der Waals surface area (Å²) >= 11 is 0. The molecule has 2 heterocycles. The summed E-state index contributed by atoms with van der Waals surface area (Å²) in [6.07, 6.45) is 1.58. The summed E-state index contributed by atoms with van der Waals surface area (Å²) in [6.45, 7) is 0.455. The molecule has 4 aromatic rings. The molecule has 0 amide bonds. The molecule has 0 atom stereocenters. The molecule has 8 nitrogen and oxygen atoms in total. The van der Waals surface area contributed by atoms with Gasteiger partial charge in [-0.2, -0.15) is 4.98 Å². The SMILES string of the molecule is COc1ccc(-c2nnc3nc(NCc4ccc(F)cc4)ncc3n2)cc1OC. The van der Waals surface area contributed by atoms with Crippen LogP contribution in [0.2, 0.25) is 0 Å². The van der Waals surface area contributed by atoms with Gasteiger partial charge in [-0.25, -0.2) is 14.4 Å². The van der Waals surface area contributed by atoms with Crippen molar-refractivity contribution in [3.63, 3.8) is 0 Å². The number of anilines is 1. The largest absolute Gasteiger partial charge is 0.493 e. The third-order valence-electron chi connectivity index (χ3n) is 4.22. The molecule has 0 spiro atoms. The summed E-state index contributed by atoms with van der Waals surface area (Å²) < 4.78 is 23.5. The smallest absolute Gasteiger partial charge is 0.225 e. The van der Waals surface area contributed by atoms with E-state index in [0.717, 1.165) is 11.1 Å². The quantitative estimate of drug-likeness (QED) is 0.534. The van der Waals surface area contributed by atoms with Gasteiger partial charge in [-0.1, -0.05) is 12.1 Å². The van der Waals surface area contributed by atoms with Crippen molar-refractivity contribution in [1.29, 1.82) is 0 Å². The first-order valence-electron chi connectivity index (χ1n) is 8.74. The van der Waals surface area contributed by atoms with Gasteiger partial charge in [-0.15, -0.1) is 10.2 Å². The minimum atomic E-state index is -0.276. The third kappa shape index (κ3) is 4.03. The van der Waals surface area contributed by atoms with Crippen molar-refractivity contribution in [2.75, 3.05) is 19.5 Å². The number of halogens is 1. The monoisotopic (exact) mass is 392 g/mol. The predicted octanol–water partition coefficient (Wildman–Crippen LogP) is 3.25. The molecule has 0 aliphatic rings. The van der Waals surface area contributed by atoms with E-state index in [1.807, 2.05) is 6.07 Å². The normalized spacial score (nSPS) is 10.7. The van der Waals surface area contributed by atoms with Crippen LogP contribution in [0.3, 0.4) is 0 Å². The third-order valence-corrected chi connectivity index (χ3v) is 4.22. The van der Waals surface area contributed by atoms with Gasteiger partial charge in [0.2, 0.25) is 11.6 Å². The number of nitrogens with one attached hydrogen (secondary N) is 1. The number of nitrogens with zero attached hydrogens (tertiary/aromatic N) is 5. The summed E-state index contributed by atoms with van der Waals surface area (Å²) in [5.41, 5.74) is 2.52. The van der Waals surface area contributed by atoms with Gasteiger partial charge in [0.1, 0.15) is 11.3 Å². The first kappa shape index (κ1) is 18.5. The molecule has 0 radical (unpaired) electrons. The van der Waals surface area contributed by atoms with Crippen molar-refractivity contribution < 1.29 is 13.9 Å². The Bertz CT molecular complexity index is 1150. The molecule has 0 aliphatic heterocycles. The van der Waals surface area contributed by atoms with Crippen LogP contribution in [-0.4, -0.2) is 39.4 Å². The van der Waals surface area contributed by atoms with Crippen molar-refractivity contribution >= 4 is 17.1 Å². The zero-order chi connectivity index (χ0) is 20.2. The number of aromatic nitrogens is 5. The molecule has 2 aromatic heterocycles. The van der Waals surface area contributed by atoms with Gasteiger partial charge in [0.15, 0.2) is 17.3 Å². The van der Waals surface area contributed by atoms with Gasteiger partial charge in [-0.05, 0) is 35.9 Å². The fraction of sp³-hybridized carbons (Fsp3) is 0.150. The Morgan fingerprint density at radius 2 is 1.72 bits per heavy atom. The average molecular weight is 392 g/mol. The highest BCUT2D eigenvalue weighted by Gasteiger charge is 2.11. The molecule has 0 fully saturated rings. The van der Waals surface area contributed by atoms with E-state index < -0.39 is 0 Å². The van der Waals surface area contributed by atoms with Crippen LogP contribution in [0.1, 0.15) is 5.56 Å². The number of methoxy groups -OCH3 is 2. The maximum atomic E-state index is 13.0. The molecule has 0 aliphatic carbocycles. The number of ether oxygens (including phenoxy) is 2. The average Bonchev–Trinajstić information content (AvgIpc) is 2.77. The molecule has 29 heavy (non-hydrogen) atoms. The molecular formula is C20H17FN6O2. The summed E-state index contributed by atoms with van der Waals surface area (Å²) in [5, 5.41) is 11.4. The van der Waals surface area contributed by atoms with Gasteiger partial charge in [0.25, 0.3) is 0 Å². The lowest BCUT2D eigenvalue weighted by Crippen LogP contribution is -2.05. The van der Waals surface area contributed by atoms with Gasteiger partial charge >= 0.3 is 0 Å². The van der Waals surface area contributed by atoms with Crippen LogP contribution < -0.4 is 14.8 Å². The summed E-state index contributed by atoms with van der Waals surface area (Å²) in [5.74, 6) is 1.73. The van der Waals surface area contributed by atoms with Crippen LogP contribution in [0.15, 0.2) is 48.7 Å². The van der Waals surface area contributed by atoms with Crippen LogP contribution in [0.5, 0.6) is 11.5 Å². The summed E-state index contributed by atoms with van der Waals surface area (Å²) in [7, 11) is 3.14. The Kier molecular flexibility index (Phi) is 5.10. The topological polar surface area (TPSA) is 94.9 Å². The highest BCUT2D eigenvalue weighted by molar-refractivity contribution is 5.72. The molecule has 0 unspecified atom stereocenters. The fourth-order valence-electron chi connectivity index (χ4n) is 2.72. The van der Waals surface area contributed by atoms with E-state index >= 15 is 0 Å². The van der Waals surface area contributed by atoms with E-state index in [1.165, 1.54) is 12.1 Å². The molecule has 1 N–H and O–H groups in total. The van der Waals surface area contributed by atoms with Crippen molar-refractivity contribution in [2.45, 2.75) is 6.54 Å². The lowest BCUT2D eigenvalue weighted by atomic mass is 10.2. The maximum Gasteiger partial charge on any atom is 0.225 e. The van der Waals surface area contributed by atoms with Gasteiger partial charge in [0, 0.05) is 12.1 Å².